The van der Waals surface area contributed by atoms with Crippen LogP contribution in [0.3, 0.4) is 0 Å². The molecule has 0 bridgehead atoms. The second kappa shape index (κ2) is 9.82. The number of nitrogens with one attached hydrogen (secondary N) is 1. The molecule has 168 valence electrons. The summed E-state index contributed by atoms with van der Waals surface area (Å²) >= 11 is 0. The van der Waals surface area contributed by atoms with Crippen molar-refractivity contribution in [2.75, 3.05) is 21.3 Å². The highest BCUT2D eigenvalue weighted by atomic mass is 16.5. The average molecular weight is 446 g/mol. The molecule has 0 aliphatic rings. The van der Waals surface area contributed by atoms with E-state index < -0.39 is 0 Å². The van der Waals surface area contributed by atoms with Crippen LogP contribution in [0.2, 0.25) is 0 Å². The second-order valence-corrected chi connectivity index (χ2v) is 6.93. The molecule has 0 unspecified atom stereocenters. The number of hydrogen-bond donors (Lipinski definition) is 1. The first kappa shape index (κ1) is 21.8. The number of carbonyl (C=O) groups excluding carboxylic acids is 1. The van der Waals surface area contributed by atoms with Gasteiger partial charge >= 0.3 is 0 Å². The van der Waals surface area contributed by atoms with Gasteiger partial charge in [-0.2, -0.15) is 4.98 Å². The molecule has 0 fully saturated rings. The van der Waals surface area contributed by atoms with Gasteiger partial charge in [0.15, 0.2) is 11.5 Å². The van der Waals surface area contributed by atoms with E-state index in [1.54, 1.807) is 48.8 Å². The van der Waals surface area contributed by atoms with Gasteiger partial charge in [0, 0.05) is 24.5 Å². The van der Waals surface area contributed by atoms with Crippen molar-refractivity contribution >= 4 is 5.91 Å². The van der Waals surface area contributed by atoms with Crippen LogP contribution in [0.1, 0.15) is 15.9 Å². The van der Waals surface area contributed by atoms with Gasteiger partial charge in [0.1, 0.15) is 0 Å². The molecule has 0 radical (unpaired) electrons. The maximum atomic E-state index is 12.9. The van der Waals surface area contributed by atoms with Crippen molar-refractivity contribution < 1.29 is 23.5 Å². The number of rotatable bonds is 8. The van der Waals surface area contributed by atoms with E-state index >= 15 is 0 Å². The maximum Gasteiger partial charge on any atom is 0.259 e. The molecule has 2 aromatic carbocycles. The van der Waals surface area contributed by atoms with Gasteiger partial charge in [0.25, 0.3) is 11.8 Å². The number of amides is 1. The summed E-state index contributed by atoms with van der Waals surface area (Å²) in [5.41, 5.74) is 2.44. The Morgan fingerprint density at radius 1 is 1.00 bits per heavy atom. The van der Waals surface area contributed by atoms with E-state index in [4.69, 9.17) is 18.7 Å². The van der Waals surface area contributed by atoms with E-state index in [0.29, 0.717) is 46.3 Å². The Labute approximate surface area is 190 Å². The average Bonchev–Trinajstić information content (AvgIpc) is 3.37. The van der Waals surface area contributed by atoms with Crippen LogP contribution in [0.25, 0.3) is 22.8 Å². The zero-order valence-corrected chi connectivity index (χ0v) is 18.4. The molecule has 33 heavy (non-hydrogen) atoms. The minimum Gasteiger partial charge on any atom is -0.493 e. The Hall–Kier alpha value is -4.40. The number of ether oxygens (including phenoxy) is 3. The summed E-state index contributed by atoms with van der Waals surface area (Å²) in [5, 5.41) is 6.98. The van der Waals surface area contributed by atoms with Gasteiger partial charge in [-0.1, -0.05) is 23.4 Å². The predicted molar refractivity (Wildman–Crippen MR) is 120 cm³/mol. The summed E-state index contributed by atoms with van der Waals surface area (Å²) in [6.45, 7) is 0.349. The summed E-state index contributed by atoms with van der Waals surface area (Å²) in [4.78, 5) is 21.4. The quantitative estimate of drug-likeness (QED) is 0.436. The first-order chi connectivity index (χ1) is 16.1. The lowest BCUT2D eigenvalue weighted by Gasteiger charge is -2.12. The van der Waals surface area contributed by atoms with E-state index in [2.05, 4.69) is 20.4 Å². The molecule has 2 heterocycles. The number of nitrogens with zero attached hydrogens (tertiary/aromatic N) is 3. The number of aromatic nitrogens is 3. The molecule has 4 rings (SSSR count). The fraction of sp³-hybridized carbons (Fsp3) is 0.167. The SMILES string of the molecule is COc1cc(-c2noc(-c3ccccc3C(=O)NCc3cccnc3)n2)cc(OC)c1OC. The van der Waals surface area contributed by atoms with Crippen molar-refractivity contribution in [3.8, 4) is 40.1 Å². The number of carbonyl (C=O) groups is 1. The highest BCUT2D eigenvalue weighted by molar-refractivity contribution is 6.00. The Morgan fingerprint density at radius 3 is 2.42 bits per heavy atom. The topological polar surface area (TPSA) is 109 Å². The van der Waals surface area contributed by atoms with Gasteiger partial charge in [0.05, 0.1) is 32.5 Å². The lowest BCUT2D eigenvalue weighted by molar-refractivity contribution is 0.0951. The summed E-state index contributed by atoms with van der Waals surface area (Å²) in [5.74, 6) is 1.66. The molecular formula is C24H22N4O5. The highest BCUT2D eigenvalue weighted by Gasteiger charge is 2.20. The smallest absolute Gasteiger partial charge is 0.259 e. The van der Waals surface area contributed by atoms with Gasteiger partial charge in [-0.25, -0.2) is 0 Å². The summed E-state index contributed by atoms with van der Waals surface area (Å²) in [7, 11) is 4.59. The van der Waals surface area contributed by atoms with Crippen molar-refractivity contribution in [1.82, 2.24) is 20.4 Å². The lowest BCUT2D eigenvalue weighted by Crippen LogP contribution is -2.23. The largest absolute Gasteiger partial charge is 0.493 e. The first-order valence-electron chi connectivity index (χ1n) is 10.0. The van der Waals surface area contributed by atoms with Crippen LogP contribution in [0.4, 0.5) is 0 Å². The highest BCUT2D eigenvalue weighted by Crippen LogP contribution is 2.40. The van der Waals surface area contributed by atoms with Gasteiger partial charge in [-0.05, 0) is 35.9 Å². The van der Waals surface area contributed by atoms with Crippen LogP contribution in [0.5, 0.6) is 17.2 Å². The minimum absolute atomic E-state index is 0.214. The second-order valence-electron chi connectivity index (χ2n) is 6.93. The molecule has 9 heteroatoms. The number of benzene rings is 2. The van der Waals surface area contributed by atoms with Crippen molar-refractivity contribution in [3.05, 3.63) is 72.1 Å². The Balaban J connectivity index is 1.63. The van der Waals surface area contributed by atoms with Crippen molar-refractivity contribution in [2.24, 2.45) is 0 Å². The molecular weight excluding hydrogens is 424 g/mol. The first-order valence-corrected chi connectivity index (χ1v) is 10.0. The van der Waals surface area contributed by atoms with Gasteiger partial charge in [-0.3, -0.25) is 9.78 Å². The zero-order chi connectivity index (χ0) is 23.2. The molecule has 0 saturated heterocycles. The van der Waals surface area contributed by atoms with Crippen LogP contribution >= 0.6 is 0 Å². The van der Waals surface area contributed by atoms with E-state index in [9.17, 15) is 4.79 Å². The lowest BCUT2D eigenvalue weighted by atomic mass is 10.1. The predicted octanol–water partition coefficient (Wildman–Crippen LogP) is 3.75. The Bertz CT molecular complexity index is 1230. The molecule has 1 N–H and O–H groups in total. The molecule has 0 atom stereocenters. The standard InChI is InChI=1S/C24H22N4O5/c1-30-19-11-16(12-20(31-2)21(19)32-3)22-27-24(33-28-22)18-9-5-4-8-17(18)23(29)26-14-15-7-6-10-25-13-15/h4-13H,14H2,1-3H3,(H,26,29). The van der Waals surface area contributed by atoms with Crippen molar-refractivity contribution in [2.45, 2.75) is 6.54 Å². The fourth-order valence-corrected chi connectivity index (χ4v) is 3.31. The molecule has 9 nitrogen and oxygen atoms in total. The maximum absolute atomic E-state index is 12.9. The van der Waals surface area contributed by atoms with Crippen molar-refractivity contribution in [1.29, 1.82) is 0 Å². The van der Waals surface area contributed by atoms with E-state index in [-0.39, 0.29) is 11.8 Å². The zero-order valence-electron chi connectivity index (χ0n) is 18.4. The van der Waals surface area contributed by atoms with Crippen molar-refractivity contribution in [3.63, 3.8) is 0 Å². The molecule has 0 spiro atoms. The third-order valence-electron chi connectivity index (χ3n) is 4.93. The Morgan fingerprint density at radius 2 is 1.76 bits per heavy atom. The third-order valence-corrected chi connectivity index (χ3v) is 4.93. The molecule has 0 aliphatic carbocycles. The minimum atomic E-state index is -0.262. The monoisotopic (exact) mass is 446 g/mol. The van der Waals surface area contributed by atoms with Crippen LogP contribution in [-0.2, 0) is 6.54 Å². The summed E-state index contributed by atoms with van der Waals surface area (Å²) < 4.78 is 21.7. The van der Waals surface area contributed by atoms with Gasteiger partial charge in [-0.15, -0.1) is 0 Å². The number of pyridine rings is 1. The summed E-state index contributed by atoms with van der Waals surface area (Å²) in [6.07, 6.45) is 3.38. The van der Waals surface area contributed by atoms with Crippen LogP contribution < -0.4 is 19.5 Å². The van der Waals surface area contributed by atoms with Gasteiger partial charge < -0.3 is 24.1 Å². The normalized spacial score (nSPS) is 10.5. The number of methoxy groups -OCH3 is 3. The van der Waals surface area contributed by atoms with Crippen LogP contribution in [0.15, 0.2) is 65.4 Å². The molecule has 4 aromatic rings. The Kier molecular flexibility index (Phi) is 6.49. The van der Waals surface area contributed by atoms with Crippen LogP contribution in [-0.4, -0.2) is 42.4 Å². The molecule has 2 aromatic heterocycles. The van der Waals surface area contributed by atoms with E-state index in [0.717, 1.165) is 5.56 Å². The molecule has 1 amide bonds. The fourth-order valence-electron chi connectivity index (χ4n) is 3.31. The number of hydrogen-bond acceptors (Lipinski definition) is 8. The molecule has 0 aliphatic heterocycles. The van der Waals surface area contributed by atoms with E-state index in [1.165, 1.54) is 21.3 Å². The summed E-state index contributed by atoms with van der Waals surface area (Å²) in [6, 6.07) is 14.2. The molecule has 0 saturated carbocycles. The van der Waals surface area contributed by atoms with E-state index in [1.807, 2.05) is 12.1 Å². The van der Waals surface area contributed by atoms with Gasteiger partial charge in [0.2, 0.25) is 11.6 Å². The third kappa shape index (κ3) is 4.62. The van der Waals surface area contributed by atoms with Crippen LogP contribution in [0, 0.1) is 0 Å².